The first kappa shape index (κ1) is 18.0. The second kappa shape index (κ2) is 8.52. The lowest BCUT2D eigenvalue weighted by Crippen LogP contribution is -2.35. The zero-order valence-corrected chi connectivity index (χ0v) is 15.8. The molecule has 0 atom stereocenters. The molecule has 1 aliphatic rings. The molecule has 0 bridgehead atoms. The molecule has 2 heterocycles. The molecule has 0 spiro atoms. The fourth-order valence-corrected chi connectivity index (χ4v) is 4.19. The summed E-state index contributed by atoms with van der Waals surface area (Å²) in [5.41, 5.74) is 0.940. The predicted molar refractivity (Wildman–Crippen MR) is 102 cm³/mol. The number of carbonyl (C=O) groups excluding carboxylic acids is 1. The molecule has 0 aliphatic heterocycles. The van der Waals surface area contributed by atoms with Crippen molar-refractivity contribution in [2.75, 3.05) is 11.4 Å². The Morgan fingerprint density at radius 1 is 1.28 bits per heavy atom. The van der Waals surface area contributed by atoms with Gasteiger partial charge in [-0.2, -0.15) is 0 Å². The van der Waals surface area contributed by atoms with Gasteiger partial charge in [-0.1, -0.05) is 44.4 Å². The van der Waals surface area contributed by atoms with Crippen LogP contribution in [0.3, 0.4) is 0 Å². The Morgan fingerprint density at radius 3 is 2.76 bits per heavy atom. The van der Waals surface area contributed by atoms with Gasteiger partial charge in [0.2, 0.25) is 11.0 Å². The summed E-state index contributed by atoms with van der Waals surface area (Å²) in [5.74, 6) is 1.11. The molecular weight excluding hydrogens is 332 g/mol. The van der Waals surface area contributed by atoms with Crippen molar-refractivity contribution in [3.8, 4) is 10.6 Å². The van der Waals surface area contributed by atoms with Crippen molar-refractivity contribution in [3.05, 3.63) is 24.5 Å². The van der Waals surface area contributed by atoms with Gasteiger partial charge in [-0.25, -0.2) is 0 Å². The summed E-state index contributed by atoms with van der Waals surface area (Å²) >= 11 is 1.47. The molecule has 1 fully saturated rings. The summed E-state index contributed by atoms with van der Waals surface area (Å²) in [7, 11) is 0. The van der Waals surface area contributed by atoms with Crippen LogP contribution in [0.2, 0.25) is 0 Å². The van der Waals surface area contributed by atoms with Crippen molar-refractivity contribution >= 4 is 22.4 Å². The van der Waals surface area contributed by atoms with Crippen molar-refractivity contribution in [1.29, 1.82) is 0 Å². The monoisotopic (exact) mass is 358 g/mol. The lowest BCUT2D eigenvalue weighted by molar-refractivity contribution is -0.119. The van der Waals surface area contributed by atoms with Gasteiger partial charge in [0, 0.05) is 30.9 Å². The number of anilines is 1. The molecule has 1 saturated carbocycles. The smallest absolute Gasteiger partial charge is 0.229 e. The van der Waals surface area contributed by atoms with Gasteiger partial charge < -0.3 is 0 Å². The molecule has 1 amide bonds. The van der Waals surface area contributed by atoms with E-state index in [1.807, 2.05) is 17.0 Å². The molecule has 25 heavy (non-hydrogen) atoms. The Kier molecular flexibility index (Phi) is 6.13. The van der Waals surface area contributed by atoms with Gasteiger partial charge in [-0.3, -0.25) is 14.7 Å². The van der Waals surface area contributed by atoms with Crippen molar-refractivity contribution in [3.63, 3.8) is 0 Å². The normalized spacial score (nSPS) is 15.5. The summed E-state index contributed by atoms with van der Waals surface area (Å²) < 4.78 is 0. The number of hydrogen-bond donors (Lipinski definition) is 0. The van der Waals surface area contributed by atoms with Crippen LogP contribution in [-0.4, -0.2) is 27.6 Å². The zero-order chi connectivity index (χ0) is 17.6. The number of pyridine rings is 1. The minimum atomic E-state index is 0.189. The molecule has 1 aliphatic carbocycles. The van der Waals surface area contributed by atoms with E-state index in [0.717, 1.165) is 10.6 Å². The molecule has 0 saturated heterocycles. The molecule has 5 nitrogen and oxygen atoms in total. The van der Waals surface area contributed by atoms with Crippen LogP contribution in [0.25, 0.3) is 10.6 Å². The highest BCUT2D eigenvalue weighted by atomic mass is 32.1. The third-order valence-electron chi connectivity index (χ3n) is 4.59. The van der Waals surface area contributed by atoms with E-state index in [4.69, 9.17) is 0 Å². The Labute approximate surface area is 153 Å². The van der Waals surface area contributed by atoms with E-state index in [-0.39, 0.29) is 5.91 Å². The number of rotatable bonds is 6. The van der Waals surface area contributed by atoms with E-state index in [1.165, 1.54) is 43.4 Å². The number of nitrogens with zero attached hydrogens (tertiary/aromatic N) is 4. The van der Waals surface area contributed by atoms with E-state index >= 15 is 0 Å². The Bertz CT molecular complexity index is 680. The third-order valence-corrected chi connectivity index (χ3v) is 5.59. The lowest BCUT2D eigenvalue weighted by Gasteiger charge is -2.26. The highest BCUT2D eigenvalue weighted by molar-refractivity contribution is 7.18. The zero-order valence-electron chi connectivity index (χ0n) is 15.0. The quantitative estimate of drug-likeness (QED) is 0.759. The van der Waals surface area contributed by atoms with Crippen LogP contribution in [-0.2, 0) is 4.79 Å². The van der Waals surface area contributed by atoms with Crippen LogP contribution in [0.15, 0.2) is 24.5 Å². The molecule has 0 aromatic carbocycles. The maximum atomic E-state index is 12.9. The van der Waals surface area contributed by atoms with Gasteiger partial charge in [0.05, 0.1) is 0 Å². The van der Waals surface area contributed by atoms with E-state index in [2.05, 4.69) is 29.0 Å². The van der Waals surface area contributed by atoms with Crippen LogP contribution in [0.4, 0.5) is 5.13 Å². The summed E-state index contributed by atoms with van der Waals surface area (Å²) in [4.78, 5) is 18.9. The summed E-state index contributed by atoms with van der Waals surface area (Å²) in [6.45, 7) is 4.95. The van der Waals surface area contributed by atoms with E-state index < -0.39 is 0 Å². The van der Waals surface area contributed by atoms with Gasteiger partial charge in [-0.05, 0) is 36.8 Å². The molecule has 0 radical (unpaired) electrons. The summed E-state index contributed by atoms with van der Waals surface area (Å²) in [6, 6.07) is 3.85. The van der Waals surface area contributed by atoms with E-state index in [9.17, 15) is 4.79 Å². The Hall–Kier alpha value is -1.82. The third kappa shape index (κ3) is 4.84. The van der Waals surface area contributed by atoms with Crippen LogP contribution in [0.5, 0.6) is 0 Å². The molecular formula is C19H26N4OS. The first-order valence-electron chi connectivity index (χ1n) is 9.17. The highest BCUT2D eigenvalue weighted by Gasteiger charge is 2.25. The maximum Gasteiger partial charge on any atom is 0.229 e. The van der Waals surface area contributed by atoms with Gasteiger partial charge in [0.25, 0.3) is 0 Å². The van der Waals surface area contributed by atoms with Crippen LogP contribution >= 0.6 is 11.3 Å². The van der Waals surface area contributed by atoms with Crippen molar-refractivity contribution < 1.29 is 4.79 Å². The average Bonchev–Trinajstić information content (AvgIpc) is 3.11. The summed E-state index contributed by atoms with van der Waals surface area (Å²) in [5, 5.41) is 10.1. The number of amides is 1. The van der Waals surface area contributed by atoms with Gasteiger partial charge in [0.1, 0.15) is 0 Å². The molecule has 0 N–H and O–H groups in total. The first-order valence-corrected chi connectivity index (χ1v) is 9.99. The molecule has 0 unspecified atom stereocenters. The first-order chi connectivity index (χ1) is 12.1. The SMILES string of the molecule is CC(C)CN(C(=O)CC1CCCCC1)c1nnc(-c2cccnc2)s1. The number of hydrogen-bond acceptors (Lipinski definition) is 5. The second-order valence-electron chi connectivity index (χ2n) is 7.24. The van der Waals surface area contributed by atoms with E-state index in [1.54, 1.807) is 12.4 Å². The number of carbonyl (C=O) groups is 1. The van der Waals surface area contributed by atoms with Crippen LogP contribution < -0.4 is 4.90 Å². The second-order valence-corrected chi connectivity index (χ2v) is 8.19. The molecule has 6 heteroatoms. The Balaban J connectivity index is 1.76. The topological polar surface area (TPSA) is 59.0 Å². The largest absolute Gasteiger partial charge is 0.286 e. The minimum Gasteiger partial charge on any atom is -0.286 e. The minimum absolute atomic E-state index is 0.189. The fraction of sp³-hybridized carbons (Fsp3) is 0.579. The Morgan fingerprint density at radius 2 is 2.08 bits per heavy atom. The fourth-order valence-electron chi connectivity index (χ4n) is 3.33. The van der Waals surface area contributed by atoms with E-state index in [0.29, 0.717) is 29.9 Å². The molecule has 2 aromatic heterocycles. The average molecular weight is 359 g/mol. The van der Waals surface area contributed by atoms with Crippen molar-refractivity contribution in [1.82, 2.24) is 15.2 Å². The molecule has 2 aromatic rings. The van der Waals surface area contributed by atoms with Gasteiger partial charge >= 0.3 is 0 Å². The highest BCUT2D eigenvalue weighted by Crippen LogP contribution is 2.31. The van der Waals surface area contributed by atoms with Crippen molar-refractivity contribution in [2.24, 2.45) is 11.8 Å². The van der Waals surface area contributed by atoms with Gasteiger partial charge in [-0.15, -0.1) is 10.2 Å². The molecule has 134 valence electrons. The van der Waals surface area contributed by atoms with Gasteiger partial charge in [0.15, 0.2) is 5.01 Å². The standard InChI is InChI=1S/C19H26N4OS/c1-14(2)13-23(17(24)11-15-7-4-3-5-8-15)19-22-21-18(25-19)16-9-6-10-20-12-16/h6,9-10,12,14-15H,3-5,7-8,11,13H2,1-2H3. The predicted octanol–water partition coefficient (Wildman–Crippen LogP) is 4.56. The van der Waals surface area contributed by atoms with Crippen molar-refractivity contribution in [2.45, 2.75) is 52.4 Å². The lowest BCUT2D eigenvalue weighted by atomic mass is 9.86. The molecule has 3 rings (SSSR count). The van der Waals surface area contributed by atoms with Crippen LogP contribution in [0.1, 0.15) is 52.4 Å². The summed E-state index contributed by atoms with van der Waals surface area (Å²) in [6.07, 6.45) is 10.3. The number of aromatic nitrogens is 3. The maximum absolute atomic E-state index is 12.9. The van der Waals surface area contributed by atoms with Crippen LogP contribution in [0, 0.1) is 11.8 Å².